The van der Waals surface area contributed by atoms with Crippen LogP contribution >= 0.6 is 0 Å². The van der Waals surface area contributed by atoms with Crippen molar-refractivity contribution in [2.75, 3.05) is 39.3 Å². The van der Waals surface area contributed by atoms with Crippen molar-refractivity contribution >= 4 is 0 Å². The summed E-state index contributed by atoms with van der Waals surface area (Å²) in [5, 5.41) is 3.40. The van der Waals surface area contributed by atoms with Crippen LogP contribution in [-0.2, 0) is 6.42 Å². The average molecular weight is 262 g/mol. The molecule has 0 atom stereocenters. The highest BCUT2D eigenvalue weighted by Gasteiger charge is 2.11. The van der Waals surface area contributed by atoms with Gasteiger partial charge in [0.25, 0.3) is 0 Å². The number of aryl methyl sites for hydroxylation is 2. The van der Waals surface area contributed by atoms with Crippen molar-refractivity contribution in [1.29, 1.82) is 0 Å². The lowest BCUT2D eigenvalue weighted by atomic mass is 9.99. The molecule has 1 saturated heterocycles. The zero-order chi connectivity index (χ0) is 13.7. The zero-order valence-electron chi connectivity index (χ0n) is 12.5. The Hall–Kier alpha value is -1.06. The smallest absolute Gasteiger partial charge is 0.119 e. The molecule has 0 aromatic heterocycles. The molecule has 0 spiro atoms. The van der Waals surface area contributed by atoms with Gasteiger partial charge in [0.1, 0.15) is 5.75 Å². The van der Waals surface area contributed by atoms with Crippen molar-refractivity contribution in [2.45, 2.75) is 27.2 Å². The molecule has 1 N–H and O–H groups in total. The number of hydrogen-bond acceptors (Lipinski definition) is 3. The second-order valence-electron chi connectivity index (χ2n) is 5.31. The highest BCUT2D eigenvalue weighted by molar-refractivity contribution is 5.41. The number of benzene rings is 1. The van der Waals surface area contributed by atoms with E-state index in [2.05, 4.69) is 36.2 Å². The number of ether oxygens (including phenoxy) is 1. The minimum absolute atomic E-state index is 0.735. The van der Waals surface area contributed by atoms with E-state index in [-0.39, 0.29) is 0 Å². The Bertz CT molecular complexity index is 388. The van der Waals surface area contributed by atoms with Crippen LogP contribution < -0.4 is 10.1 Å². The van der Waals surface area contributed by atoms with Gasteiger partial charge in [0.2, 0.25) is 0 Å². The zero-order valence-corrected chi connectivity index (χ0v) is 12.5. The van der Waals surface area contributed by atoms with E-state index in [1.165, 1.54) is 29.8 Å². The molecule has 1 aliphatic rings. The maximum atomic E-state index is 5.60. The lowest BCUT2D eigenvalue weighted by molar-refractivity contribution is 0.243. The van der Waals surface area contributed by atoms with Gasteiger partial charge in [-0.2, -0.15) is 0 Å². The number of piperazine rings is 1. The Morgan fingerprint density at radius 2 is 1.79 bits per heavy atom. The molecular weight excluding hydrogens is 236 g/mol. The molecule has 19 heavy (non-hydrogen) atoms. The molecular formula is C16H26N2O. The summed E-state index contributed by atoms with van der Waals surface area (Å²) >= 11 is 0. The molecule has 1 aromatic carbocycles. The molecule has 0 radical (unpaired) electrons. The summed E-state index contributed by atoms with van der Waals surface area (Å²) in [6, 6.07) is 4.34. The minimum Gasteiger partial charge on any atom is -0.494 e. The van der Waals surface area contributed by atoms with Crippen LogP contribution in [0.5, 0.6) is 5.75 Å². The van der Waals surface area contributed by atoms with Crippen LogP contribution in [0.3, 0.4) is 0 Å². The first-order chi connectivity index (χ1) is 9.20. The number of nitrogens with one attached hydrogen (secondary N) is 1. The van der Waals surface area contributed by atoms with Gasteiger partial charge in [-0.25, -0.2) is 0 Å². The first-order valence-electron chi connectivity index (χ1n) is 7.36. The monoisotopic (exact) mass is 262 g/mol. The van der Waals surface area contributed by atoms with E-state index in [0.29, 0.717) is 0 Å². The second kappa shape index (κ2) is 6.92. The van der Waals surface area contributed by atoms with Gasteiger partial charge in [-0.3, -0.25) is 0 Å². The standard InChI is InChI=1S/C16H26N2O/c1-4-19-15-11-13(2)16(14(3)12-15)5-8-18-9-6-17-7-10-18/h11-12,17H,4-10H2,1-3H3. The number of hydrogen-bond donors (Lipinski definition) is 1. The Kier molecular flexibility index (Phi) is 5.23. The Balaban J connectivity index is 1.99. The van der Waals surface area contributed by atoms with Crippen molar-refractivity contribution < 1.29 is 4.74 Å². The molecule has 0 saturated carbocycles. The van der Waals surface area contributed by atoms with Crippen molar-refractivity contribution in [3.8, 4) is 5.75 Å². The minimum atomic E-state index is 0.735. The summed E-state index contributed by atoms with van der Waals surface area (Å²) in [6.07, 6.45) is 1.14. The van der Waals surface area contributed by atoms with E-state index < -0.39 is 0 Å². The summed E-state index contributed by atoms with van der Waals surface area (Å²) in [4.78, 5) is 2.55. The molecule has 1 aromatic rings. The third kappa shape index (κ3) is 3.95. The van der Waals surface area contributed by atoms with E-state index >= 15 is 0 Å². The quantitative estimate of drug-likeness (QED) is 0.880. The average Bonchev–Trinajstić information content (AvgIpc) is 2.39. The van der Waals surface area contributed by atoms with Crippen LogP contribution in [0.1, 0.15) is 23.6 Å². The Morgan fingerprint density at radius 1 is 1.16 bits per heavy atom. The predicted octanol–water partition coefficient (Wildman–Crippen LogP) is 2.15. The molecule has 3 nitrogen and oxygen atoms in total. The Labute approximate surface area is 116 Å². The van der Waals surface area contributed by atoms with E-state index in [4.69, 9.17) is 4.74 Å². The third-order valence-corrected chi connectivity index (χ3v) is 3.87. The molecule has 1 heterocycles. The van der Waals surface area contributed by atoms with Crippen LogP contribution in [0.25, 0.3) is 0 Å². The molecule has 0 bridgehead atoms. The summed E-state index contributed by atoms with van der Waals surface area (Å²) < 4.78 is 5.60. The predicted molar refractivity (Wildman–Crippen MR) is 80.1 cm³/mol. The lowest BCUT2D eigenvalue weighted by Gasteiger charge is -2.27. The summed E-state index contributed by atoms with van der Waals surface area (Å²) in [5.41, 5.74) is 4.21. The van der Waals surface area contributed by atoms with Gasteiger partial charge < -0.3 is 15.0 Å². The van der Waals surface area contributed by atoms with Gasteiger partial charge in [0.05, 0.1) is 6.61 Å². The number of rotatable bonds is 5. The first-order valence-corrected chi connectivity index (χ1v) is 7.36. The van der Waals surface area contributed by atoms with Gasteiger partial charge in [-0.1, -0.05) is 0 Å². The summed E-state index contributed by atoms with van der Waals surface area (Å²) in [7, 11) is 0. The molecule has 1 aliphatic heterocycles. The van der Waals surface area contributed by atoms with Gasteiger partial charge in [-0.05, 0) is 56.0 Å². The fraction of sp³-hybridized carbons (Fsp3) is 0.625. The molecule has 0 unspecified atom stereocenters. The summed E-state index contributed by atoms with van der Waals surface area (Å²) in [6.45, 7) is 12.9. The van der Waals surface area contributed by atoms with Gasteiger partial charge in [-0.15, -0.1) is 0 Å². The van der Waals surface area contributed by atoms with Crippen LogP contribution in [-0.4, -0.2) is 44.2 Å². The van der Waals surface area contributed by atoms with Crippen molar-refractivity contribution in [3.05, 3.63) is 28.8 Å². The maximum absolute atomic E-state index is 5.60. The van der Waals surface area contributed by atoms with E-state index in [1.54, 1.807) is 0 Å². The third-order valence-electron chi connectivity index (χ3n) is 3.87. The topological polar surface area (TPSA) is 24.5 Å². The van der Waals surface area contributed by atoms with Gasteiger partial charge in [0, 0.05) is 32.7 Å². The Morgan fingerprint density at radius 3 is 2.37 bits per heavy atom. The van der Waals surface area contributed by atoms with Crippen LogP contribution in [0.2, 0.25) is 0 Å². The molecule has 0 aliphatic carbocycles. The molecule has 3 heteroatoms. The largest absolute Gasteiger partial charge is 0.494 e. The van der Waals surface area contributed by atoms with Crippen molar-refractivity contribution in [1.82, 2.24) is 10.2 Å². The fourth-order valence-corrected chi connectivity index (χ4v) is 2.80. The maximum Gasteiger partial charge on any atom is 0.119 e. The number of nitrogens with zero attached hydrogens (tertiary/aromatic N) is 1. The van der Waals surface area contributed by atoms with Crippen molar-refractivity contribution in [3.63, 3.8) is 0 Å². The van der Waals surface area contributed by atoms with Crippen LogP contribution in [0.4, 0.5) is 0 Å². The molecule has 0 amide bonds. The van der Waals surface area contributed by atoms with E-state index in [1.807, 2.05) is 6.92 Å². The van der Waals surface area contributed by atoms with Crippen LogP contribution in [0.15, 0.2) is 12.1 Å². The highest BCUT2D eigenvalue weighted by Crippen LogP contribution is 2.22. The molecule has 106 valence electrons. The molecule has 2 rings (SSSR count). The molecule has 1 fully saturated rings. The normalized spacial score (nSPS) is 16.6. The highest BCUT2D eigenvalue weighted by atomic mass is 16.5. The fourth-order valence-electron chi connectivity index (χ4n) is 2.80. The van der Waals surface area contributed by atoms with E-state index in [0.717, 1.165) is 38.4 Å². The SMILES string of the molecule is CCOc1cc(C)c(CCN2CCNCC2)c(C)c1. The van der Waals surface area contributed by atoms with Crippen molar-refractivity contribution in [2.24, 2.45) is 0 Å². The van der Waals surface area contributed by atoms with Crippen LogP contribution in [0, 0.1) is 13.8 Å². The summed E-state index contributed by atoms with van der Waals surface area (Å²) in [5.74, 6) is 1.00. The first kappa shape index (κ1) is 14.4. The van der Waals surface area contributed by atoms with Gasteiger partial charge >= 0.3 is 0 Å². The van der Waals surface area contributed by atoms with Gasteiger partial charge in [0.15, 0.2) is 0 Å². The second-order valence-corrected chi connectivity index (χ2v) is 5.31. The van der Waals surface area contributed by atoms with E-state index in [9.17, 15) is 0 Å². The lowest BCUT2D eigenvalue weighted by Crippen LogP contribution is -2.44.